The molecule has 3 aromatic rings. The lowest BCUT2D eigenvalue weighted by Gasteiger charge is -2.14. The topological polar surface area (TPSA) is 98.6 Å². The molecule has 2 heterocycles. The number of aromatic amines is 1. The zero-order chi connectivity index (χ0) is 22.7. The van der Waals surface area contributed by atoms with Crippen molar-refractivity contribution in [2.45, 2.75) is 53.5 Å². The van der Waals surface area contributed by atoms with Crippen LogP contribution in [0.1, 0.15) is 57.9 Å². The maximum absolute atomic E-state index is 12.6. The summed E-state index contributed by atoms with van der Waals surface area (Å²) in [6.45, 7) is 9.52. The Balaban J connectivity index is 1.69. The standard InChI is InChI=1S/C24H26N4O2S/c1-13-6-8-18(9-7-13)24-28-17(5)22(31-24)16(4)26-21(29)11-10-19-14(2)20(12-25)23(30)27-15(19)3/h6-9,16H,10-11H2,1-5H3,(H,26,29)(H,27,30). The van der Waals surface area contributed by atoms with Crippen LogP contribution >= 0.6 is 11.3 Å². The first-order valence-corrected chi connectivity index (χ1v) is 11.0. The molecule has 7 heteroatoms. The zero-order valence-electron chi connectivity index (χ0n) is 18.4. The van der Waals surface area contributed by atoms with Gasteiger partial charge in [-0.05, 0) is 52.2 Å². The Morgan fingerprint density at radius 2 is 1.90 bits per heavy atom. The third-order valence-electron chi connectivity index (χ3n) is 5.42. The number of hydrogen-bond donors (Lipinski definition) is 2. The molecule has 1 atom stereocenters. The minimum atomic E-state index is -0.385. The number of aryl methyl sites for hydroxylation is 3. The Bertz CT molecular complexity index is 1220. The summed E-state index contributed by atoms with van der Waals surface area (Å²) in [4.78, 5) is 32.9. The van der Waals surface area contributed by atoms with Gasteiger partial charge in [0, 0.05) is 17.7 Å². The average Bonchev–Trinajstić information content (AvgIpc) is 3.10. The van der Waals surface area contributed by atoms with E-state index in [0.717, 1.165) is 26.7 Å². The Kier molecular flexibility index (Phi) is 6.71. The molecule has 0 radical (unpaired) electrons. The summed E-state index contributed by atoms with van der Waals surface area (Å²) in [6, 6.07) is 10.0. The molecule has 0 aliphatic rings. The molecule has 2 aromatic heterocycles. The maximum Gasteiger partial charge on any atom is 0.266 e. The molecule has 2 N–H and O–H groups in total. The van der Waals surface area contributed by atoms with Crippen LogP contribution in [0.2, 0.25) is 0 Å². The van der Waals surface area contributed by atoms with Crippen LogP contribution in [-0.2, 0) is 11.2 Å². The van der Waals surface area contributed by atoms with Crippen LogP contribution in [0.5, 0.6) is 0 Å². The molecule has 1 unspecified atom stereocenters. The molecule has 3 rings (SSSR count). The fourth-order valence-electron chi connectivity index (χ4n) is 3.67. The van der Waals surface area contributed by atoms with Gasteiger partial charge in [-0.25, -0.2) is 4.98 Å². The van der Waals surface area contributed by atoms with Gasteiger partial charge in [0.15, 0.2) is 0 Å². The minimum Gasteiger partial charge on any atom is -0.349 e. The number of aromatic nitrogens is 2. The van der Waals surface area contributed by atoms with Crippen LogP contribution in [-0.4, -0.2) is 15.9 Å². The molecule has 1 amide bonds. The largest absolute Gasteiger partial charge is 0.349 e. The maximum atomic E-state index is 12.6. The van der Waals surface area contributed by atoms with E-state index in [1.54, 1.807) is 25.2 Å². The van der Waals surface area contributed by atoms with Crippen LogP contribution in [0.3, 0.4) is 0 Å². The molecule has 0 aliphatic carbocycles. The number of hydrogen-bond acceptors (Lipinski definition) is 5. The van der Waals surface area contributed by atoms with Crippen LogP contribution in [0.4, 0.5) is 0 Å². The second-order valence-electron chi connectivity index (χ2n) is 7.79. The van der Waals surface area contributed by atoms with Crippen molar-refractivity contribution >= 4 is 17.2 Å². The van der Waals surface area contributed by atoms with E-state index in [2.05, 4.69) is 46.5 Å². The summed E-state index contributed by atoms with van der Waals surface area (Å²) in [5.41, 5.74) is 5.10. The fourth-order valence-corrected chi connectivity index (χ4v) is 4.74. The van der Waals surface area contributed by atoms with Gasteiger partial charge in [-0.2, -0.15) is 5.26 Å². The highest BCUT2D eigenvalue weighted by Crippen LogP contribution is 2.32. The SMILES string of the molecule is Cc1ccc(-c2nc(C)c(C(C)NC(=O)CCc3c(C)[nH]c(=O)c(C#N)c3C)s2)cc1. The number of rotatable bonds is 6. The molecular weight excluding hydrogens is 408 g/mol. The molecule has 1 aromatic carbocycles. The molecular formula is C24H26N4O2S. The monoisotopic (exact) mass is 434 g/mol. The molecule has 160 valence electrons. The van der Waals surface area contributed by atoms with E-state index in [1.165, 1.54) is 5.56 Å². The van der Waals surface area contributed by atoms with E-state index in [4.69, 9.17) is 0 Å². The number of H-pyrrole nitrogens is 1. The second kappa shape index (κ2) is 9.27. The predicted octanol–water partition coefficient (Wildman–Crippen LogP) is 4.41. The minimum absolute atomic E-state index is 0.0827. The third-order valence-corrected chi connectivity index (χ3v) is 6.81. The van der Waals surface area contributed by atoms with Crippen molar-refractivity contribution < 1.29 is 4.79 Å². The van der Waals surface area contributed by atoms with E-state index in [1.807, 2.05) is 19.9 Å². The van der Waals surface area contributed by atoms with Crippen molar-refractivity contribution in [1.29, 1.82) is 5.26 Å². The van der Waals surface area contributed by atoms with E-state index in [9.17, 15) is 14.9 Å². The van der Waals surface area contributed by atoms with Crippen molar-refractivity contribution in [2.75, 3.05) is 0 Å². The van der Waals surface area contributed by atoms with Gasteiger partial charge in [-0.1, -0.05) is 29.8 Å². The van der Waals surface area contributed by atoms with Crippen molar-refractivity contribution in [3.8, 4) is 16.6 Å². The molecule has 0 fully saturated rings. The Labute approximate surface area is 186 Å². The van der Waals surface area contributed by atoms with Crippen molar-refractivity contribution in [3.05, 3.63) is 73.1 Å². The Hall–Kier alpha value is -3.24. The summed E-state index contributed by atoms with van der Waals surface area (Å²) in [7, 11) is 0. The van der Waals surface area contributed by atoms with E-state index < -0.39 is 0 Å². The zero-order valence-corrected chi connectivity index (χ0v) is 19.2. The van der Waals surface area contributed by atoms with Crippen LogP contribution in [0, 0.1) is 39.0 Å². The van der Waals surface area contributed by atoms with Gasteiger partial charge < -0.3 is 10.3 Å². The molecule has 0 saturated carbocycles. The van der Waals surface area contributed by atoms with Gasteiger partial charge in [0.05, 0.1) is 16.6 Å². The van der Waals surface area contributed by atoms with Gasteiger partial charge >= 0.3 is 0 Å². The van der Waals surface area contributed by atoms with Gasteiger partial charge in [-0.3, -0.25) is 9.59 Å². The molecule has 31 heavy (non-hydrogen) atoms. The van der Waals surface area contributed by atoms with Crippen molar-refractivity contribution in [2.24, 2.45) is 0 Å². The number of carbonyl (C=O) groups is 1. The highest BCUT2D eigenvalue weighted by molar-refractivity contribution is 7.15. The lowest BCUT2D eigenvalue weighted by Crippen LogP contribution is -2.27. The number of benzene rings is 1. The molecule has 6 nitrogen and oxygen atoms in total. The number of nitrogens with zero attached hydrogens (tertiary/aromatic N) is 2. The summed E-state index contributed by atoms with van der Waals surface area (Å²) in [5.74, 6) is -0.0827. The smallest absolute Gasteiger partial charge is 0.266 e. The van der Waals surface area contributed by atoms with Gasteiger partial charge in [0.1, 0.15) is 16.6 Å². The lowest BCUT2D eigenvalue weighted by molar-refractivity contribution is -0.121. The average molecular weight is 435 g/mol. The lowest BCUT2D eigenvalue weighted by atomic mass is 9.99. The molecule has 0 spiro atoms. The summed E-state index contributed by atoms with van der Waals surface area (Å²) in [6.07, 6.45) is 0.726. The van der Waals surface area contributed by atoms with Gasteiger partial charge in [0.25, 0.3) is 5.56 Å². The summed E-state index contributed by atoms with van der Waals surface area (Å²) in [5, 5.41) is 13.2. The number of amides is 1. The molecule has 0 bridgehead atoms. The van der Waals surface area contributed by atoms with E-state index >= 15 is 0 Å². The number of thiazole rings is 1. The summed E-state index contributed by atoms with van der Waals surface area (Å²) < 4.78 is 0. The highest BCUT2D eigenvalue weighted by atomic mass is 32.1. The van der Waals surface area contributed by atoms with Gasteiger partial charge in [0.2, 0.25) is 5.91 Å². The Morgan fingerprint density at radius 3 is 2.55 bits per heavy atom. The van der Waals surface area contributed by atoms with E-state index in [0.29, 0.717) is 17.7 Å². The van der Waals surface area contributed by atoms with Crippen LogP contribution in [0.15, 0.2) is 29.1 Å². The van der Waals surface area contributed by atoms with E-state index in [-0.39, 0.29) is 29.5 Å². The van der Waals surface area contributed by atoms with Crippen LogP contribution in [0.25, 0.3) is 10.6 Å². The summed E-state index contributed by atoms with van der Waals surface area (Å²) >= 11 is 1.59. The van der Waals surface area contributed by atoms with Crippen molar-refractivity contribution in [3.63, 3.8) is 0 Å². The fraction of sp³-hybridized carbons (Fsp3) is 0.333. The number of nitriles is 1. The first kappa shape index (κ1) is 22.4. The number of carbonyl (C=O) groups excluding carboxylic acids is 1. The molecule has 0 aliphatic heterocycles. The van der Waals surface area contributed by atoms with Gasteiger partial charge in [-0.15, -0.1) is 11.3 Å². The third kappa shape index (κ3) is 4.92. The normalized spacial score (nSPS) is 11.7. The first-order chi connectivity index (χ1) is 14.7. The first-order valence-electron chi connectivity index (χ1n) is 10.2. The van der Waals surface area contributed by atoms with Crippen LogP contribution < -0.4 is 10.9 Å². The predicted molar refractivity (Wildman–Crippen MR) is 123 cm³/mol. The highest BCUT2D eigenvalue weighted by Gasteiger charge is 2.18. The second-order valence-corrected chi connectivity index (χ2v) is 8.82. The number of pyridine rings is 1. The number of nitrogens with one attached hydrogen (secondary N) is 2. The van der Waals surface area contributed by atoms with Crippen molar-refractivity contribution in [1.82, 2.24) is 15.3 Å². The Morgan fingerprint density at radius 1 is 1.23 bits per heavy atom. The quantitative estimate of drug-likeness (QED) is 0.600. The molecule has 0 saturated heterocycles.